The fraction of sp³-hybridized carbons (Fsp3) is 0.409. The lowest BCUT2D eigenvalue weighted by Crippen LogP contribution is -2.49. The molecule has 2 saturated heterocycles. The summed E-state index contributed by atoms with van der Waals surface area (Å²) < 4.78 is 15.5. The van der Waals surface area contributed by atoms with Crippen molar-refractivity contribution >= 4 is 17.2 Å². The third-order valence-corrected chi connectivity index (χ3v) is 6.42. The molecule has 0 N–H and O–H groups in total. The number of carbonyl (C=O) groups excluding carboxylic acids is 1. The second-order valence-electron chi connectivity index (χ2n) is 8.79. The van der Waals surface area contributed by atoms with Crippen molar-refractivity contribution < 1.29 is 9.18 Å². The number of halogens is 1. The maximum absolute atomic E-state index is 13.9. The Kier molecular flexibility index (Phi) is 3.91. The average molecular weight is 393 g/mol. The number of anilines is 1. The molecule has 2 aliphatic heterocycles. The molecule has 7 heteroatoms. The van der Waals surface area contributed by atoms with Crippen LogP contribution in [0.5, 0.6) is 0 Å². The fourth-order valence-electron chi connectivity index (χ4n) is 5.28. The predicted octanol–water partition coefficient (Wildman–Crippen LogP) is 3.53. The van der Waals surface area contributed by atoms with Gasteiger partial charge >= 0.3 is 0 Å². The summed E-state index contributed by atoms with van der Waals surface area (Å²) in [6.45, 7) is 5.76. The van der Waals surface area contributed by atoms with Crippen LogP contribution in [-0.2, 0) is 0 Å². The normalized spacial score (nSPS) is 23.4. The number of rotatable bonds is 2. The SMILES string of the molecule is CC1(C)CC2(CCCN2C(=O)c2cnn3cccnc23)CN1c1cccc(F)c1. The zero-order chi connectivity index (χ0) is 20.2. The van der Waals surface area contributed by atoms with Gasteiger partial charge in [0.25, 0.3) is 5.91 Å². The molecule has 5 rings (SSSR count). The molecule has 0 saturated carbocycles. The van der Waals surface area contributed by atoms with Gasteiger partial charge in [-0.2, -0.15) is 5.10 Å². The average Bonchev–Trinajstić information content (AvgIpc) is 3.36. The highest BCUT2D eigenvalue weighted by Crippen LogP contribution is 2.47. The molecule has 2 aromatic heterocycles. The first kappa shape index (κ1) is 18.1. The lowest BCUT2D eigenvalue weighted by atomic mass is 9.87. The summed E-state index contributed by atoms with van der Waals surface area (Å²) in [5, 5.41) is 4.28. The molecule has 0 bridgehead atoms. The van der Waals surface area contributed by atoms with Crippen LogP contribution in [0.15, 0.2) is 48.9 Å². The van der Waals surface area contributed by atoms with Gasteiger partial charge in [-0.1, -0.05) is 6.07 Å². The maximum atomic E-state index is 13.9. The first-order valence-corrected chi connectivity index (χ1v) is 10.0. The number of carbonyl (C=O) groups is 1. The number of likely N-dealkylation sites (tertiary alicyclic amines) is 1. The number of hydrogen-bond donors (Lipinski definition) is 0. The molecule has 3 aromatic rings. The van der Waals surface area contributed by atoms with Crippen LogP contribution in [0.2, 0.25) is 0 Å². The molecule has 1 aromatic carbocycles. The van der Waals surface area contributed by atoms with Gasteiger partial charge in [0.05, 0.1) is 11.7 Å². The van der Waals surface area contributed by atoms with Crippen LogP contribution in [0.3, 0.4) is 0 Å². The number of aromatic nitrogens is 3. The Bertz CT molecular complexity index is 1090. The van der Waals surface area contributed by atoms with Crippen molar-refractivity contribution in [2.75, 3.05) is 18.0 Å². The van der Waals surface area contributed by atoms with E-state index in [0.717, 1.165) is 31.5 Å². The second-order valence-corrected chi connectivity index (χ2v) is 8.79. The van der Waals surface area contributed by atoms with E-state index in [4.69, 9.17) is 0 Å². The van der Waals surface area contributed by atoms with Crippen LogP contribution >= 0.6 is 0 Å². The smallest absolute Gasteiger partial charge is 0.259 e. The Balaban J connectivity index is 1.51. The number of hydrogen-bond acceptors (Lipinski definition) is 4. The number of benzene rings is 1. The number of amides is 1. The standard InChI is InChI=1S/C22H24FN5O/c1-21(2)14-22(15-27(21)17-7-3-6-16(23)12-17)8-4-10-26(22)20(29)18-13-25-28-11-5-9-24-19(18)28/h3,5-7,9,11-13H,4,8,10,14-15H2,1-2H3. The minimum Gasteiger partial charge on any atom is -0.364 e. The van der Waals surface area contributed by atoms with Gasteiger partial charge < -0.3 is 9.80 Å². The third-order valence-electron chi connectivity index (χ3n) is 6.42. The molecular weight excluding hydrogens is 369 g/mol. The molecule has 2 fully saturated rings. The van der Waals surface area contributed by atoms with Crippen molar-refractivity contribution in [3.05, 3.63) is 60.3 Å². The maximum Gasteiger partial charge on any atom is 0.259 e. The van der Waals surface area contributed by atoms with Gasteiger partial charge in [-0.3, -0.25) is 4.79 Å². The topological polar surface area (TPSA) is 53.7 Å². The Morgan fingerprint density at radius 3 is 2.93 bits per heavy atom. The van der Waals surface area contributed by atoms with Gasteiger partial charge in [0.1, 0.15) is 11.4 Å². The Hall–Kier alpha value is -2.96. The van der Waals surface area contributed by atoms with Crippen LogP contribution in [0.25, 0.3) is 5.65 Å². The molecule has 1 unspecified atom stereocenters. The van der Waals surface area contributed by atoms with Gasteiger partial charge in [0.15, 0.2) is 5.65 Å². The molecule has 29 heavy (non-hydrogen) atoms. The number of nitrogens with zero attached hydrogens (tertiary/aromatic N) is 5. The molecule has 1 atom stereocenters. The van der Waals surface area contributed by atoms with E-state index in [1.807, 2.05) is 11.0 Å². The van der Waals surface area contributed by atoms with E-state index in [0.29, 0.717) is 17.8 Å². The molecule has 1 amide bonds. The second kappa shape index (κ2) is 6.27. The number of fused-ring (bicyclic) bond motifs is 1. The molecule has 150 valence electrons. The van der Waals surface area contributed by atoms with E-state index < -0.39 is 0 Å². The Morgan fingerprint density at radius 2 is 2.10 bits per heavy atom. The molecule has 0 aliphatic carbocycles. The van der Waals surface area contributed by atoms with E-state index in [9.17, 15) is 9.18 Å². The van der Waals surface area contributed by atoms with Gasteiger partial charge in [0, 0.05) is 36.7 Å². The van der Waals surface area contributed by atoms with E-state index >= 15 is 0 Å². The Morgan fingerprint density at radius 1 is 1.24 bits per heavy atom. The van der Waals surface area contributed by atoms with Crippen molar-refractivity contribution in [3.8, 4) is 0 Å². The highest BCUT2D eigenvalue weighted by atomic mass is 19.1. The van der Waals surface area contributed by atoms with Gasteiger partial charge in [0.2, 0.25) is 0 Å². The van der Waals surface area contributed by atoms with Crippen LogP contribution in [0, 0.1) is 5.82 Å². The first-order chi connectivity index (χ1) is 13.9. The molecule has 4 heterocycles. The summed E-state index contributed by atoms with van der Waals surface area (Å²) in [4.78, 5) is 22.2. The van der Waals surface area contributed by atoms with E-state index in [1.54, 1.807) is 41.3 Å². The first-order valence-electron chi connectivity index (χ1n) is 10.0. The van der Waals surface area contributed by atoms with Crippen molar-refractivity contribution in [1.29, 1.82) is 0 Å². The zero-order valence-electron chi connectivity index (χ0n) is 16.7. The van der Waals surface area contributed by atoms with E-state index in [1.165, 1.54) is 6.07 Å². The summed E-state index contributed by atoms with van der Waals surface area (Å²) >= 11 is 0. The van der Waals surface area contributed by atoms with Crippen molar-refractivity contribution in [2.45, 2.75) is 44.2 Å². The lowest BCUT2D eigenvalue weighted by molar-refractivity contribution is 0.0619. The van der Waals surface area contributed by atoms with E-state index in [2.05, 4.69) is 28.8 Å². The summed E-state index contributed by atoms with van der Waals surface area (Å²) in [5.74, 6) is -0.260. The van der Waals surface area contributed by atoms with Gasteiger partial charge in [-0.05, 0) is 57.4 Å². The van der Waals surface area contributed by atoms with E-state index in [-0.39, 0.29) is 22.8 Å². The molecule has 1 spiro atoms. The fourth-order valence-corrected chi connectivity index (χ4v) is 5.28. The summed E-state index contributed by atoms with van der Waals surface area (Å²) in [6.07, 6.45) is 7.84. The summed E-state index contributed by atoms with van der Waals surface area (Å²) in [6, 6.07) is 8.53. The van der Waals surface area contributed by atoms with Gasteiger partial charge in [-0.15, -0.1) is 0 Å². The quantitative estimate of drug-likeness (QED) is 0.668. The minimum atomic E-state index is -0.268. The molecule has 2 aliphatic rings. The Labute approximate surface area is 168 Å². The zero-order valence-corrected chi connectivity index (χ0v) is 16.7. The third kappa shape index (κ3) is 2.79. The predicted molar refractivity (Wildman–Crippen MR) is 108 cm³/mol. The van der Waals surface area contributed by atoms with Crippen molar-refractivity contribution in [1.82, 2.24) is 19.5 Å². The van der Waals surface area contributed by atoms with Crippen molar-refractivity contribution in [2.24, 2.45) is 0 Å². The summed E-state index contributed by atoms with van der Waals surface area (Å²) in [7, 11) is 0. The monoisotopic (exact) mass is 393 g/mol. The highest BCUT2D eigenvalue weighted by Gasteiger charge is 2.55. The van der Waals surface area contributed by atoms with Crippen LogP contribution in [0.4, 0.5) is 10.1 Å². The van der Waals surface area contributed by atoms with Gasteiger partial charge in [-0.25, -0.2) is 13.9 Å². The molecular formula is C22H24FN5O. The van der Waals surface area contributed by atoms with Crippen molar-refractivity contribution in [3.63, 3.8) is 0 Å². The van der Waals surface area contributed by atoms with Crippen LogP contribution < -0.4 is 4.90 Å². The highest BCUT2D eigenvalue weighted by molar-refractivity contribution is 6.00. The minimum absolute atomic E-state index is 0.0203. The van der Waals surface area contributed by atoms with Crippen LogP contribution in [-0.4, -0.2) is 49.6 Å². The largest absolute Gasteiger partial charge is 0.364 e. The molecule has 6 nitrogen and oxygen atoms in total. The summed E-state index contributed by atoms with van der Waals surface area (Å²) in [5.41, 5.74) is 1.53. The lowest BCUT2D eigenvalue weighted by Gasteiger charge is -2.35. The van der Waals surface area contributed by atoms with Crippen LogP contribution in [0.1, 0.15) is 43.5 Å². The molecule has 0 radical (unpaired) electrons.